The van der Waals surface area contributed by atoms with Gasteiger partial charge in [-0.2, -0.15) is 5.26 Å². The van der Waals surface area contributed by atoms with E-state index in [0.29, 0.717) is 5.56 Å². The maximum atomic E-state index is 12.5. The lowest BCUT2D eigenvalue weighted by Gasteiger charge is -2.33. The van der Waals surface area contributed by atoms with Crippen LogP contribution in [0, 0.1) is 17.2 Å². The van der Waals surface area contributed by atoms with Crippen LogP contribution in [0.4, 0.5) is 11.4 Å². The highest BCUT2D eigenvalue weighted by atomic mass is 16.1. The van der Waals surface area contributed by atoms with Crippen molar-refractivity contribution in [3.05, 3.63) is 59.7 Å². The highest BCUT2D eigenvalue weighted by molar-refractivity contribution is 5.79. The van der Waals surface area contributed by atoms with Crippen LogP contribution in [0.1, 0.15) is 30.4 Å². The Hall–Kier alpha value is -3.00. The molecule has 4 rings (SSSR count). The second-order valence-corrected chi connectivity index (χ2v) is 7.93. The summed E-state index contributed by atoms with van der Waals surface area (Å²) >= 11 is 0. The monoisotopic (exact) mass is 388 g/mol. The fourth-order valence-electron chi connectivity index (χ4n) is 4.41. The summed E-state index contributed by atoms with van der Waals surface area (Å²) in [5.74, 6) is 0.309. The molecular formula is C24H28N4O. The van der Waals surface area contributed by atoms with Gasteiger partial charge >= 0.3 is 0 Å². The summed E-state index contributed by atoms with van der Waals surface area (Å²) in [6, 6.07) is 18.5. The summed E-state index contributed by atoms with van der Waals surface area (Å²) in [7, 11) is 0. The summed E-state index contributed by atoms with van der Waals surface area (Å²) in [5.41, 5.74) is 4.61. The van der Waals surface area contributed by atoms with Gasteiger partial charge in [-0.15, -0.1) is 0 Å². The first kappa shape index (κ1) is 19.3. The molecule has 5 heteroatoms. The van der Waals surface area contributed by atoms with Gasteiger partial charge in [0.1, 0.15) is 0 Å². The second kappa shape index (κ2) is 9.00. The molecule has 2 aliphatic rings. The van der Waals surface area contributed by atoms with Gasteiger partial charge in [0.25, 0.3) is 0 Å². The summed E-state index contributed by atoms with van der Waals surface area (Å²) < 4.78 is 0. The van der Waals surface area contributed by atoms with E-state index in [-0.39, 0.29) is 11.8 Å². The molecule has 0 unspecified atom stereocenters. The first-order valence-corrected chi connectivity index (χ1v) is 10.6. The maximum absolute atomic E-state index is 12.5. The Morgan fingerprint density at radius 1 is 1.07 bits per heavy atom. The van der Waals surface area contributed by atoms with Crippen molar-refractivity contribution in [1.29, 1.82) is 5.26 Å². The van der Waals surface area contributed by atoms with E-state index in [2.05, 4.69) is 45.5 Å². The van der Waals surface area contributed by atoms with Crippen LogP contribution in [-0.2, 0) is 11.2 Å². The molecule has 0 bridgehead atoms. The van der Waals surface area contributed by atoms with Gasteiger partial charge in [-0.3, -0.25) is 4.79 Å². The van der Waals surface area contributed by atoms with E-state index in [1.54, 1.807) is 0 Å². The molecule has 2 aromatic rings. The highest BCUT2D eigenvalue weighted by Gasteiger charge is 2.25. The van der Waals surface area contributed by atoms with E-state index < -0.39 is 0 Å². The van der Waals surface area contributed by atoms with Crippen molar-refractivity contribution in [2.75, 3.05) is 42.5 Å². The molecular weight excluding hydrogens is 360 g/mol. The Balaban J connectivity index is 1.17. The smallest absolute Gasteiger partial charge is 0.223 e. The number of rotatable bonds is 6. The number of nitriles is 1. The number of amides is 1. The third kappa shape index (κ3) is 4.54. The molecule has 1 amide bonds. The number of nitrogens with one attached hydrogen (secondary N) is 1. The number of piperidine rings is 1. The van der Waals surface area contributed by atoms with Gasteiger partial charge in [0.15, 0.2) is 0 Å². The Bertz CT molecular complexity index is 878. The summed E-state index contributed by atoms with van der Waals surface area (Å²) in [6.07, 6.45) is 3.86. The zero-order valence-electron chi connectivity index (χ0n) is 16.8. The van der Waals surface area contributed by atoms with Gasteiger partial charge in [0.2, 0.25) is 5.91 Å². The molecule has 29 heavy (non-hydrogen) atoms. The normalized spacial score (nSPS) is 16.4. The third-order valence-corrected chi connectivity index (χ3v) is 6.11. The molecule has 2 aromatic carbocycles. The number of carbonyl (C=O) groups is 1. The lowest BCUT2D eigenvalue weighted by atomic mass is 9.95. The largest absolute Gasteiger partial charge is 0.371 e. The standard InChI is InChI=1S/C24H28N4O/c25-18-19-6-8-22(9-7-19)27-15-11-21(12-16-27)24(29)26-13-3-14-28-17-10-20-4-1-2-5-23(20)28/h1-2,4-9,21H,3,10-17H2,(H,26,29). The molecule has 0 spiro atoms. The van der Waals surface area contributed by atoms with Crippen molar-refractivity contribution >= 4 is 17.3 Å². The molecule has 2 aliphatic heterocycles. The predicted molar refractivity (Wildman–Crippen MR) is 116 cm³/mol. The topological polar surface area (TPSA) is 59.4 Å². The quantitative estimate of drug-likeness (QED) is 0.771. The molecule has 150 valence electrons. The van der Waals surface area contributed by atoms with Gasteiger partial charge in [0, 0.05) is 50.0 Å². The minimum absolute atomic E-state index is 0.108. The van der Waals surface area contributed by atoms with Crippen molar-refractivity contribution < 1.29 is 4.79 Å². The zero-order valence-corrected chi connectivity index (χ0v) is 16.8. The van der Waals surface area contributed by atoms with Crippen LogP contribution in [0.5, 0.6) is 0 Å². The molecule has 0 aliphatic carbocycles. The minimum Gasteiger partial charge on any atom is -0.371 e. The molecule has 1 N–H and O–H groups in total. The molecule has 0 aromatic heterocycles. The molecule has 1 saturated heterocycles. The van der Waals surface area contributed by atoms with Gasteiger partial charge < -0.3 is 15.1 Å². The van der Waals surface area contributed by atoms with Crippen LogP contribution in [0.3, 0.4) is 0 Å². The van der Waals surface area contributed by atoms with E-state index in [1.165, 1.54) is 11.3 Å². The SMILES string of the molecule is N#Cc1ccc(N2CCC(C(=O)NCCCN3CCc4ccccc43)CC2)cc1. The third-order valence-electron chi connectivity index (χ3n) is 6.11. The van der Waals surface area contributed by atoms with Crippen LogP contribution in [-0.4, -0.2) is 38.6 Å². The Kier molecular flexibility index (Phi) is 6.00. The van der Waals surface area contributed by atoms with E-state index in [9.17, 15) is 4.79 Å². The molecule has 0 saturated carbocycles. The average Bonchev–Trinajstić information content (AvgIpc) is 3.20. The van der Waals surface area contributed by atoms with E-state index >= 15 is 0 Å². The average molecular weight is 389 g/mol. The molecule has 1 fully saturated rings. The van der Waals surface area contributed by atoms with Crippen molar-refractivity contribution in [3.8, 4) is 6.07 Å². The van der Waals surface area contributed by atoms with E-state index in [4.69, 9.17) is 5.26 Å². The predicted octanol–water partition coefficient (Wildman–Crippen LogP) is 3.34. The van der Waals surface area contributed by atoms with E-state index in [1.807, 2.05) is 24.3 Å². The van der Waals surface area contributed by atoms with Crippen LogP contribution < -0.4 is 15.1 Å². The van der Waals surface area contributed by atoms with Gasteiger partial charge in [-0.1, -0.05) is 18.2 Å². The number of para-hydroxylation sites is 1. The number of fused-ring (bicyclic) bond motifs is 1. The summed E-state index contributed by atoms with van der Waals surface area (Å²) in [5, 5.41) is 12.1. The van der Waals surface area contributed by atoms with Crippen molar-refractivity contribution in [3.63, 3.8) is 0 Å². The number of benzene rings is 2. The van der Waals surface area contributed by atoms with Crippen LogP contribution in [0.2, 0.25) is 0 Å². The Morgan fingerprint density at radius 3 is 2.59 bits per heavy atom. The van der Waals surface area contributed by atoms with Crippen molar-refractivity contribution in [1.82, 2.24) is 5.32 Å². The fraction of sp³-hybridized carbons (Fsp3) is 0.417. The van der Waals surface area contributed by atoms with Crippen molar-refractivity contribution in [2.24, 2.45) is 5.92 Å². The highest BCUT2D eigenvalue weighted by Crippen LogP contribution is 2.27. The number of anilines is 2. The number of carbonyl (C=O) groups excluding carboxylic acids is 1. The van der Waals surface area contributed by atoms with Gasteiger partial charge in [-0.05, 0) is 61.6 Å². The van der Waals surface area contributed by atoms with Crippen LogP contribution in [0.25, 0.3) is 0 Å². The number of nitrogens with zero attached hydrogens (tertiary/aromatic N) is 3. The fourth-order valence-corrected chi connectivity index (χ4v) is 4.41. The van der Waals surface area contributed by atoms with Crippen LogP contribution >= 0.6 is 0 Å². The lowest BCUT2D eigenvalue weighted by Crippen LogP contribution is -2.41. The van der Waals surface area contributed by atoms with Crippen molar-refractivity contribution in [2.45, 2.75) is 25.7 Å². The Morgan fingerprint density at radius 2 is 1.83 bits per heavy atom. The minimum atomic E-state index is 0.108. The molecule has 0 radical (unpaired) electrons. The van der Waals surface area contributed by atoms with Gasteiger partial charge in [0.05, 0.1) is 11.6 Å². The number of hydrogen-bond donors (Lipinski definition) is 1. The van der Waals surface area contributed by atoms with Gasteiger partial charge in [-0.25, -0.2) is 0 Å². The first-order valence-electron chi connectivity index (χ1n) is 10.6. The van der Waals surface area contributed by atoms with Crippen LogP contribution in [0.15, 0.2) is 48.5 Å². The summed E-state index contributed by atoms with van der Waals surface area (Å²) in [4.78, 5) is 17.3. The molecule has 2 heterocycles. The maximum Gasteiger partial charge on any atom is 0.223 e. The second-order valence-electron chi connectivity index (χ2n) is 7.93. The Labute approximate surface area is 172 Å². The molecule has 0 atom stereocenters. The first-order chi connectivity index (χ1) is 14.2. The van der Waals surface area contributed by atoms with E-state index in [0.717, 1.165) is 64.1 Å². The zero-order chi connectivity index (χ0) is 20.1. The summed E-state index contributed by atoms with van der Waals surface area (Å²) in [6.45, 7) is 4.59. The lowest BCUT2D eigenvalue weighted by molar-refractivity contribution is -0.125. The molecule has 5 nitrogen and oxygen atoms in total. The number of hydrogen-bond acceptors (Lipinski definition) is 4.